The second-order valence-electron chi connectivity index (χ2n) is 4.48. The minimum absolute atomic E-state index is 0.554. The monoisotopic (exact) mass is 282 g/mol. The van der Waals surface area contributed by atoms with Crippen molar-refractivity contribution < 1.29 is 0 Å². The largest absolute Gasteiger partial charge is 0.384 e. The number of nitrogens with zero attached hydrogens (tertiary/aromatic N) is 1. The van der Waals surface area contributed by atoms with Crippen molar-refractivity contribution in [3.63, 3.8) is 0 Å². The lowest BCUT2D eigenvalue weighted by molar-refractivity contribution is 0.597. The Hall–Kier alpha value is -0.990. The van der Waals surface area contributed by atoms with Crippen LogP contribution in [0.25, 0.3) is 10.9 Å². The molecule has 0 bridgehead atoms. The number of anilines is 1. The zero-order valence-electron chi connectivity index (χ0n) is 10.3. The highest BCUT2D eigenvalue weighted by atomic mass is 35.5. The van der Waals surface area contributed by atoms with Crippen LogP contribution in [0, 0.1) is 5.92 Å². The summed E-state index contributed by atoms with van der Waals surface area (Å²) in [6.45, 7) is 3.10. The standard InChI is InChI=1S/C14H16Cl2N2/c1-10(4-6-15)9-18-13-5-7-17-14-8-11(16)2-3-12(13)14/h2-3,5,7-8,10H,4,6,9H2,1H3,(H,17,18). The third kappa shape index (κ3) is 3.27. The third-order valence-corrected chi connectivity index (χ3v) is 3.40. The van der Waals surface area contributed by atoms with Crippen molar-refractivity contribution in [2.24, 2.45) is 5.92 Å². The number of hydrogen-bond donors (Lipinski definition) is 1. The first-order valence-corrected chi connectivity index (χ1v) is 6.96. The maximum absolute atomic E-state index is 5.96. The molecule has 2 rings (SSSR count). The van der Waals surface area contributed by atoms with Crippen LogP contribution in [0.1, 0.15) is 13.3 Å². The van der Waals surface area contributed by atoms with Crippen LogP contribution in [0.2, 0.25) is 5.02 Å². The Labute approximate surface area is 117 Å². The van der Waals surface area contributed by atoms with Crippen LogP contribution in [-0.2, 0) is 0 Å². The lowest BCUT2D eigenvalue weighted by atomic mass is 10.1. The number of hydrogen-bond acceptors (Lipinski definition) is 2. The number of aromatic nitrogens is 1. The molecule has 96 valence electrons. The Morgan fingerprint density at radius 2 is 2.17 bits per heavy atom. The highest BCUT2D eigenvalue weighted by Crippen LogP contribution is 2.24. The topological polar surface area (TPSA) is 24.9 Å². The number of halogens is 2. The minimum Gasteiger partial charge on any atom is -0.384 e. The fourth-order valence-electron chi connectivity index (χ4n) is 1.85. The second kappa shape index (κ2) is 6.26. The number of nitrogens with one attached hydrogen (secondary N) is 1. The van der Waals surface area contributed by atoms with E-state index in [1.165, 1.54) is 0 Å². The SMILES string of the molecule is CC(CCCl)CNc1ccnc2cc(Cl)ccc12. The summed E-state index contributed by atoms with van der Waals surface area (Å²) < 4.78 is 0. The second-order valence-corrected chi connectivity index (χ2v) is 5.30. The normalized spacial score (nSPS) is 12.6. The fourth-order valence-corrected chi connectivity index (χ4v) is 2.39. The van der Waals surface area contributed by atoms with Crippen molar-refractivity contribution in [1.82, 2.24) is 4.98 Å². The van der Waals surface area contributed by atoms with Gasteiger partial charge in [0.15, 0.2) is 0 Å². The smallest absolute Gasteiger partial charge is 0.0737 e. The predicted octanol–water partition coefficient (Wildman–Crippen LogP) is 4.57. The Morgan fingerprint density at radius 3 is 2.94 bits per heavy atom. The molecule has 1 aromatic carbocycles. The zero-order valence-corrected chi connectivity index (χ0v) is 11.8. The molecule has 0 radical (unpaired) electrons. The number of rotatable bonds is 5. The van der Waals surface area contributed by atoms with E-state index in [-0.39, 0.29) is 0 Å². The molecule has 2 nitrogen and oxygen atoms in total. The molecule has 1 N–H and O–H groups in total. The van der Waals surface area contributed by atoms with Crippen LogP contribution in [0.15, 0.2) is 30.5 Å². The molecule has 2 aromatic rings. The highest BCUT2D eigenvalue weighted by Gasteiger charge is 2.05. The molecule has 0 aliphatic rings. The van der Waals surface area contributed by atoms with E-state index >= 15 is 0 Å². The first-order chi connectivity index (χ1) is 8.70. The van der Waals surface area contributed by atoms with Crippen LogP contribution in [0.4, 0.5) is 5.69 Å². The summed E-state index contributed by atoms with van der Waals surface area (Å²) in [6.07, 6.45) is 2.82. The number of fused-ring (bicyclic) bond motifs is 1. The Bertz CT molecular complexity index is 528. The first kappa shape index (κ1) is 13.4. The van der Waals surface area contributed by atoms with E-state index in [2.05, 4.69) is 17.2 Å². The molecule has 1 aromatic heterocycles. The molecule has 1 heterocycles. The van der Waals surface area contributed by atoms with Gasteiger partial charge < -0.3 is 5.32 Å². The van der Waals surface area contributed by atoms with Gasteiger partial charge >= 0.3 is 0 Å². The highest BCUT2D eigenvalue weighted by molar-refractivity contribution is 6.31. The van der Waals surface area contributed by atoms with Gasteiger partial charge in [-0.2, -0.15) is 0 Å². The lowest BCUT2D eigenvalue weighted by Crippen LogP contribution is -2.12. The molecule has 0 saturated carbocycles. The summed E-state index contributed by atoms with van der Waals surface area (Å²) in [5.74, 6) is 1.26. The molecule has 0 aliphatic heterocycles. The van der Waals surface area contributed by atoms with E-state index in [4.69, 9.17) is 23.2 Å². The first-order valence-electron chi connectivity index (χ1n) is 6.05. The van der Waals surface area contributed by atoms with E-state index in [0.717, 1.165) is 29.6 Å². The summed E-state index contributed by atoms with van der Waals surface area (Å²) in [6, 6.07) is 7.76. The summed E-state index contributed by atoms with van der Waals surface area (Å²) in [7, 11) is 0. The van der Waals surface area contributed by atoms with Crippen molar-refractivity contribution in [3.05, 3.63) is 35.5 Å². The summed E-state index contributed by atoms with van der Waals surface area (Å²) in [5.41, 5.74) is 2.01. The number of pyridine rings is 1. The van der Waals surface area contributed by atoms with Gasteiger partial charge in [0.1, 0.15) is 0 Å². The van der Waals surface area contributed by atoms with Crippen LogP contribution in [-0.4, -0.2) is 17.4 Å². The van der Waals surface area contributed by atoms with Crippen molar-refractivity contribution >= 4 is 39.8 Å². The van der Waals surface area contributed by atoms with Crippen molar-refractivity contribution in [3.8, 4) is 0 Å². The molecule has 18 heavy (non-hydrogen) atoms. The predicted molar refractivity (Wildman–Crippen MR) is 79.7 cm³/mol. The maximum Gasteiger partial charge on any atom is 0.0737 e. The van der Waals surface area contributed by atoms with Crippen molar-refractivity contribution in [1.29, 1.82) is 0 Å². The van der Waals surface area contributed by atoms with Crippen molar-refractivity contribution in [2.75, 3.05) is 17.7 Å². The van der Waals surface area contributed by atoms with E-state index in [1.54, 1.807) is 6.20 Å². The third-order valence-electron chi connectivity index (χ3n) is 2.95. The Balaban J connectivity index is 2.18. The number of benzene rings is 1. The summed E-state index contributed by atoms with van der Waals surface area (Å²) in [4.78, 5) is 4.32. The minimum atomic E-state index is 0.554. The van der Waals surface area contributed by atoms with Crippen LogP contribution in [0.3, 0.4) is 0 Å². The summed E-state index contributed by atoms with van der Waals surface area (Å²) >= 11 is 11.7. The zero-order chi connectivity index (χ0) is 13.0. The molecular formula is C14H16Cl2N2. The molecule has 0 amide bonds. The quantitative estimate of drug-likeness (QED) is 0.813. The van der Waals surface area contributed by atoms with E-state index in [1.807, 2.05) is 24.3 Å². The van der Waals surface area contributed by atoms with Gasteiger partial charge in [-0.1, -0.05) is 18.5 Å². The molecule has 0 saturated heterocycles. The van der Waals surface area contributed by atoms with Gasteiger partial charge in [-0.15, -0.1) is 11.6 Å². The van der Waals surface area contributed by atoms with Gasteiger partial charge in [0.05, 0.1) is 5.52 Å². The van der Waals surface area contributed by atoms with Crippen LogP contribution in [0.5, 0.6) is 0 Å². The Morgan fingerprint density at radius 1 is 1.33 bits per heavy atom. The molecule has 1 atom stereocenters. The average molecular weight is 283 g/mol. The van der Waals surface area contributed by atoms with Crippen LogP contribution < -0.4 is 5.32 Å². The van der Waals surface area contributed by atoms with Gasteiger partial charge in [0.25, 0.3) is 0 Å². The lowest BCUT2D eigenvalue weighted by Gasteiger charge is -2.13. The van der Waals surface area contributed by atoms with Gasteiger partial charge in [-0.25, -0.2) is 0 Å². The maximum atomic E-state index is 5.96. The summed E-state index contributed by atoms with van der Waals surface area (Å²) in [5, 5.41) is 5.26. The molecule has 4 heteroatoms. The number of alkyl halides is 1. The fraction of sp³-hybridized carbons (Fsp3) is 0.357. The molecule has 0 aliphatic carbocycles. The van der Waals surface area contributed by atoms with E-state index in [9.17, 15) is 0 Å². The molecular weight excluding hydrogens is 267 g/mol. The molecule has 0 spiro atoms. The van der Waals surface area contributed by atoms with Crippen LogP contribution >= 0.6 is 23.2 Å². The van der Waals surface area contributed by atoms with Gasteiger partial charge in [-0.05, 0) is 36.6 Å². The van der Waals surface area contributed by atoms with Gasteiger partial charge in [0, 0.05) is 34.7 Å². The van der Waals surface area contributed by atoms with Gasteiger partial charge in [0.2, 0.25) is 0 Å². The average Bonchev–Trinajstić information content (AvgIpc) is 2.36. The molecule has 1 unspecified atom stereocenters. The molecule has 0 fully saturated rings. The van der Waals surface area contributed by atoms with Gasteiger partial charge in [-0.3, -0.25) is 4.98 Å². The Kier molecular flexibility index (Phi) is 4.67. The van der Waals surface area contributed by atoms with Crippen molar-refractivity contribution in [2.45, 2.75) is 13.3 Å². The van der Waals surface area contributed by atoms with E-state index < -0.39 is 0 Å². The van der Waals surface area contributed by atoms with E-state index in [0.29, 0.717) is 16.8 Å².